The van der Waals surface area contributed by atoms with Crippen LogP contribution in [-0.4, -0.2) is 82.2 Å². The summed E-state index contributed by atoms with van der Waals surface area (Å²) >= 11 is 0. The highest BCUT2D eigenvalue weighted by Gasteiger charge is 2.25. The zero-order chi connectivity index (χ0) is 20.6. The fourth-order valence-electron chi connectivity index (χ4n) is 3.81. The number of piperidine rings is 1. The molecule has 1 atom stereocenters. The minimum absolute atomic E-state index is 0.0589. The Morgan fingerprint density at radius 1 is 1.28 bits per heavy atom. The molecule has 0 N–H and O–H groups in total. The third-order valence-electron chi connectivity index (χ3n) is 5.37. The van der Waals surface area contributed by atoms with Crippen molar-refractivity contribution in [2.45, 2.75) is 25.9 Å². The van der Waals surface area contributed by atoms with Gasteiger partial charge in [0.25, 0.3) is 0 Å². The van der Waals surface area contributed by atoms with Crippen molar-refractivity contribution in [2.75, 3.05) is 46.8 Å². The predicted octanol–water partition coefficient (Wildman–Crippen LogP) is 1.72. The summed E-state index contributed by atoms with van der Waals surface area (Å²) in [5, 5.41) is 4.05. The van der Waals surface area contributed by atoms with Crippen LogP contribution in [0.5, 0.6) is 0 Å². The molecule has 1 aromatic heterocycles. The molecule has 1 saturated heterocycles. The first kappa shape index (κ1) is 21.4. The topological polar surface area (TPSA) is 57.5 Å². The van der Waals surface area contributed by atoms with Gasteiger partial charge in [-0.3, -0.25) is 9.69 Å². The van der Waals surface area contributed by atoms with Crippen molar-refractivity contribution in [2.24, 2.45) is 5.92 Å². The monoisotopic (exact) mass is 402 g/mol. The number of benzene rings is 1. The fourth-order valence-corrected chi connectivity index (χ4v) is 3.81. The van der Waals surface area contributed by atoms with Crippen molar-refractivity contribution >= 4 is 5.91 Å². The van der Waals surface area contributed by atoms with Gasteiger partial charge in [-0.05, 0) is 45.5 Å². The summed E-state index contributed by atoms with van der Waals surface area (Å²) in [6.45, 7) is 4.89. The van der Waals surface area contributed by atoms with Gasteiger partial charge in [0, 0.05) is 38.3 Å². The molecule has 3 rings (SSSR count). The highest BCUT2D eigenvalue weighted by atomic mass is 19.1. The maximum absolute atomic E-state index is 14.0. The lowest BCUT2D eigenvalue weighted by molar-refractivity contribution is -0.133. The molecule has 0 spiro atoms. The molecule has 1 fully saturated rings. The summed E-state index contributed by atoms with van der Waals surface area (Å²) in [7, 11) is 4.02. The molecule has 0 bridgehead atoms. The van der Waals surface area contributed by atoms with Crippen LogP contribution in [0.25, 0.3) is 0 Å². The quantitative estimate of drug-likeness (QED) is 0.639. The van der Waals surface area contributed by atoms with Gasteiger partial charge in [-0.2, -0.15) is 5.10 Å². The summed E-state index contributed by atoms with van der Waals surface area (Å²) in [4.78, 5) is 23.1. The number of likely N-dealkylation sites (N-methyl/N-ethyl adjacent to an activating group) is 1. The van der Waals surface area contributed by atoms with E-state index in [1.54, 1.807) is 17.1 Å². The van der Waals surface area contributed by atoms with Crippen molar-refractivity contribution in [3.05, 3.63) is 48.3 Å². The first-order valence-corrected chi connectivity index (χ1v) is 10.2. The molecule has 1 aliphatic heterocycles. The SMILES string of the molecule is CN(C)CCN(C[C@@H]1CCCN(Cc2ccccc2F)C1)C(=O)Cn1cncn1. The molecule has 8 heteroatoms. The standard InChI is InChI=1S/C21H31FN6O/c1-25(2)10-11-27(21(29)15-28-17-23-16-24-28)13-18-6-5-9-26(12-18)14-19-7-3-4-8-20(19)22/h3-4,7-8,16-18H,5-6,9-15H2,1-2H3/t18-/m1/s1. The van der Waals surface area contributed by atoms with Gasteiger partial charge < -0.3 is 9.80 Å². The van der Waals surface area contributed by atoms with Gasteiger partial charge in [-0.25, -0.2) is 14.1 Å². The lowest BCUT2D eigenvalue weighted by Gasteiger charge is -2.36. The fraction of sp³-hybridized carbons (Fsp3) is 0.571. The summed E-state index contributed by atoms with van der Waals surface area (Å²) in [5.74, 6) is 0.297. The number of rotatable bonds is 9. The van der Waals surface area contributed by atoms with Crippen LogP contribution in [0, 0.1) is 11.7 Å². The van der Waals surface area contributed by atoms with Crippen LogP contribution in [0.2, 0.25) is 0 Å². The molecular weight excluding hydrogens is 371 g/mol. The van der Waals surface area contributed by atoms with Crippen LogP contribution < -0.4 is 0 Å². The second-order valence-corrected chi connectivity index (χ2v) is 8.07. The number of aromatic nitrogens is 3. The van der Waals surface area contributed by atoms with Crippen LogP contribution in [0.3, 0.4) is 0 Å². The number of carbonyl (C=O) groups excluding carboxylic acids is 1. The van der Waals surface area contributed by atoms with E-state index >= 15 is 0 Å². The first-order valence-electron chi connectivity index (χ1n) is 10.2. The van der Waals surface area contributed by atoms with Crippen LogP contribution in [0.4, 0.5) is 4.39 Å². The Balaban J connectivity index is 1.59. The number of halogens is 1. The molecule has 158 valence electrons. The number of nitrogens with zero attached hydrogens (tertiary/aromatic N) is 6. The molecule has 1 amide bonds. The summed E-state index contributed by atoms with van der Waals surface area (Å²) in [6.07, 6.45) is 5.17. The van der Waals surface area contributed by atoms with Gasteiger partial charge >= 0.3 is 0 Å². The molecule has 1 aromatic carbocycles. The average Bonchev–Trinajstić information content (AvgIpc) is 3.20. The highest BCUT2D eigenvalue weighted by molar-refractivity contribution is 5.75. The summed E-state index contributed by atoms with van der Waals surface area (Å²) < 4.78 is 15.6. The van der Waals surface area contributed by atoms with E-state index in [2.05, 4.69) is 19.9 Å². The lowest BCUT2D eigenvalue weighted by Crippen LogP contribution is -2.45. The van der Waals surface area contributed by atoms with Crippen molar-refractivity contribution < 1.29 is 9.18 Å². The van der Waals surface area contributed by atoms with E-state index in [0.29, 0.717) is 19.0 Å². The van der Waals surface area contributed by atoms with E-state index in [4.69, 9.17) is 0 Å². The number of amides is 1. The Morgan fingerprint density at radius 2 is 2.10 bits per heavy atom. The van der Waals surface area contributed by atoms with Crippen LogP contribution in [0.15, 0.2) is 36.9 Å². The first-order chi connectivity index (χ1) is 14.0. The highest BCUT2D eigenvalue weighted by Crippen LogP contribution is 2.21. The second-order valence-electron chi connectivity index (χ2n) is 8.07. The Kier molecular flexibility index (Phi) is 7.71. The van der Waals surface area contributed by atoms with Crippen molar-refractivity contribution in [3.63, 3.8) is 0 Å². The third kappa shape index (κ3) is 6.61. The molecule has 2 aromatic rings. The molecule has 0 saturated carbocycles. The Morgan fingerprint density at radius 3 is 2.83 bits per heavy atom. The maximum atomic E-state index is 14.0. The van der Waals surface area contributed by atoms with Crippen molar-refractivity contribution in [1.82, 2.24) is 29.5 Å². The molecule has 0 aliphatic carbocycles. The summed E-state index contributed by atoms with van der Waals surface area (Å²) in [6, 6.07) is 6.97. The minimum Gasteiger partial charge on any atom is -0.339 e. The van der Waals surface area contributed by atoms with Gasteiger partial charge in [0.05, 0.1) is 0 Å². The molecule has 0 unspecified atom stereocenters. The summed E-state index contributed by atoms with van der Waals surface area (Å²) in [5.41, 5.74) is 0.736. The molecular formula is C21H31FN6O. The van der Waals surface area contributed by atoms with E-state index in [9.17, 15) is 9.18 Å². The number of likely N-dealkylation sites (tertiary alicyclic amines) is 1. The van der Waals surface area contributed by atoms with Gasteiger partial charge in [0.1, 0.15) is 25.0 Å². The smallest absolute Gasteiger partial charge is 0.244 e. The van der Waals surface area contributed by atoms with E-state index < -0.39 is 0 Å². The van der Waals surface area contributed by atoms with Gasteiger partial charge in [0.15, 0.2) is 0 Å². The van der Waals surface area contributed by atoms with Gasteiger partial charge in [-0.15, -0.1) is 0 Å². The Labute approximate surface area is 172 Å². The lowest BCUT2D eigenvalue weighted by atomic mass is 9.96. The number of carbonyl (C=O) groups is 1. The molecule has 7 nitrogen and oxygen atoms in total. The van der Waals surface area contributed by atoms with Crippen LogP contribution in [-0.2, 0) is 17.9 Å². The molecule has 1 aliphatic rings. The number of hydrogen-bond acceptors (Lipinski definition) is 5. The van der Waals surface area contributed by atoms with E-state index in [0.717, 1.165) is 44.6 Å². The van der Waals surface area contributed by atoms with E-state index in [1.165, 1.54) is 12.4 Å². The average molecular weight is 403 g/mol. The van der Waals surface area contributed by atoms with Crippen LogP contribution in [0.1, 0.15) is 18.4 Å². The zero-order valence-electron chi connectivity index (χ0n) is 17.4. The van der Waals surface area contributed by atoms with E-state index in [1.807, 2.05) is 31.1 Å². The van der Waals surface area contributed by atoms with Crippen molar-refractivity contribution in [1.29, 1.82) is 0 Å². The normalized spacial score (nSPS) is 17.6. The number of hydrogen-bond donors (Lipinski definition) is 0. The van der Waals surface area contributed by atoms with E-state index in [-0.39, 0.29) is 18.3 Å². The Hall–Kier alpha value is -2.32. The third-order valence-corrected chi connectivity index (χ3v) is 5.37. The molecule has 0 radical (unpaired) electrons. The predicted molar refractivity (Wildman–Crippen MR) is 110 cm³/mol. The largest absolute Gasteiger partial charge is 0.339 e. The molecule has 29 heavy (non-hydrogen) atoms. The minimum atomic E-state index is -0.148. The second kappa shape index (κ2) is 10.5. The molecule has 2 heterocycles. The maximum Gasteiger partial charge on any atom is 0.244 e. The van der Waals surface area contributed by atoms with Crippen LogP contribution >= 0.6 is 0 Å². The van der Waals surface area contributed by atoms with Gasteiger partial charge in [-0.1, -0.05) is 18.2 Å². The Bertz CT molecular complexity index is 766. The van der Waals surface area contributed by atoms with Crippen molar-refractivity contribution in [3.8, 4) is 0 Å². The van der Waals surface area contributed by atoms with Gasteiger partial charge in [0.2, 0.25) is 5.91 Å². The zero-order valence-corrected chi connectivity index (χ0v) is 17.4.